The summed E-state index contributed by atoms with van der Waals surface area (Å²) in [5.74, 6) is -0.971. The third-order valence-electron chi connectivity index (χ3n) is 3.85. The van der Waals surface area contributed by atoms with E-state index in [9.17, 15) is 8.78 Å². The largest absolute Gasteiger partial charge is 0.326 e. The Morgan fingerprint density at radius 2 is 1.86 bits per heavy atom. The molecule has 0 aliphatic carbocycles. The molecule has 1 aromatic carbocycles. The lowest BCUT2D eigenvalue weighted by Crippen LogP contribution is -2.12. The van der Waals surface area contributed by atoms with Crippen LogP contribution in [0.3, 0.4) is 0 Å². The minimum absolute atomic E-state index is 0.217. The Hall–Kier alpha value is -1.96. The summed E-state index contributed by atoms with van der Waals surface area (Å²) >= 11 is 0. The van der Waals surface area contributed by atoms with Crippen LogP contribution in [0.1, 0.15) is 45.4 Å². The Balaban J connectivity index is 2.65. The molecule has 0 fully saturated rings. The van der Waals surface area contributed by atoms with Gasteiger partial charge in [-0.05, 0) is 19.8 Å². The Labute approximate surface area is 123 Å². The van der Waals surface area contributed by atoms with Crippen molar-refractivity contribution in [3.05, 3.63) is 29.6 Å². The molecule has 3 nitrogen and oxygen atoms in total. The van der Waals surface area contributed by atoms with E-state index in [1.165, 1.54) is 6.07 Å². The second kappa shape index (κ2) is 6.21. The Bertz CT molecular complexity index is 681. The van der Waals surface area contributed by atoms with Gasteiger partial charge in [0, 0.05) is 24.6 Å². The van der Waals surface area contributed by atoms with E-state index < -0.39 is 11.6 Å². The van der Waals surface area contributed by atoms with Gasteiger partial charge in [0.15, 0.2) is 11.6 Å². The predicted molar refractivity (Wildman–Crippen MR) is 77.7 cm³/mol. The number of aromatic nitrogens is 2. The quantitative estimate of drug-likeness (QED) is 0.820. The summed E-state index contributed by atoms with van der Waals surface area (Å²) < 4.78 is 28.8. The number of hydrogen-bond donors (Lipinski definition) is 0. The van der Waals surface area contributed by atoms with E-state index in [0.717, 1.165) is 24.7 Å². The number of hydrogen-bond acceptors (Lipinski definition) is 2. The van der Waals surface area contributed by atoms with E-state index in [-0.39, 0.29) is 11.8 Å². The van der Waals surface area contributed by atoms with Gasteiger partial charge in [0.05, 0.1) is 23.0 Å². The van der Waals surface area contributed by atoms with E-state index >= 15 is 0 Å². The molecule has 1 atom stereocenters. The molecule has 5 heteroatoms. The molecule has 1 unspecified atom stereocenters. The zero-order valence-electron chi connectivity index (χ0n) is 12.5. The molecule has 0 amide bonds. The van der Waals surface area contributed by atoms with Gasteiger partial charge in [-0.25, -0.2) is 13.8 Å². The first-order valence-corrected chi connectivity index (χ1v) is 7.26. The van der Waals surface area contributed by atoms with Crippen LogP contribution in [0.25, 0.3) is 11.0 Å². The van der Waals surface area contributed by atoms with Crippen molar-refractivity contribution in [2.24, 2.45) is 5.92 Å². The van der Waals surface area contributed by atoms with Crippen molar-refractivity contribution < 1.29 is 8.78 Å². The normalized spacial score (nSPS) is 12.8. The van der Waals surface area contributed by atoms with Gasteiger partial charge in [-0.15, -0.1) is 0 Å². The fourth-order valence-corrected chi connectivity index (χ4v) is 2.61. The van der Waals surface area contributed by atoms with E-state index in [1.54, 1.807) is 0 Å². The Morgan fingerprint density at radius 1 is 1.24 bits per heavy atom. The zero-order valence-corrected chi connectivity index (χ0v) is 12.5. The van der Waals surface area contributed by atoms with Crippen LogP contribution in [-0.2, 0) is 6.54 Å². The van der Waals surface area contributed by atoms with Gasteiger partial charge in [-0.2, -0.15) is 5.26 Å². The first kappa shape index (κ1) is 15.4. The van der Waals surface area contributed by atoms with Crippen LogP contribution >= 0.6 is 0 Å². The molecule has 2 rings (SSSR count). The van der Waals surface area contributed by atoms with Crippen molar-refractivity contribution >= 4 is 11.0 Å². The lowest BCUT2D eigenvalue weighted by atomic mass is 10.0. The molecule has 0 saturated heterocycles. The van der Waals surface area contributed by atoms with Gasteiger partial charge >= 0.3 is 0 Å². The van der Waals surface area contributed by atoms with Crippen molar-refractivity contribution in [2.75, 3.05) is 0 Å². The number of rotatable bonds is 5. The van der Waals surface area contributed by atoms with E-state index in [1.807, 2.05) is 11.5 Å². The maximum absolute atomic E-state index is 13.5. The predicted octanol–water partition coefficient (Wildman–Crippen LogP) is 4.38. The molecule has 112 valence electrons. The van der Waals surface area contributed by atoms with Gasteiger partial charge in [0.2, 0.25) is 0 Å². The fourth-order valence-electron chi connectivity index (χ4n) is 2.61. The Morgan fingerprint density at radius 3 is 2.43 bits per heavy atom. The highest BCUT2D eigenvalue weighted by Gasteiger charge is 2.20. The first-order valence-electron chi connectivity index (χ1n) is 7.26. The molecule has 0 spiro atoms. The minimum atomic E-state index is -0.892. The van der Waals surface area contributed by atoms with Crippen molar-refractivity contribution in [2.45, 2.75) is 46.1 Å². The summed E-state index contributed by atoms with van der Waals surface area (Å²) in [6, 6.07) is 4.48. The molecule has 0 aliphatic heterocycles. The van der Waals surface area contributed by atoms with Crippen LogP contribution in [0.5, 0.6) is 0 Å². The summed E-state index contributed by atoms with van der Waals surface area (Å²) in [5.41, 5.74) is 0.999. The lowest BCUT2D eigenvalue weighted by Gasteiger charge is -2.16. The number of nitrogens with zero attached hydrogens (tertiary/aromatic N) is 3. The van der Waals surface area contributed by atoms with Gasteiger partial charge in [-0.3, -0.25) is 0 Å². The van der Waals surface area contributed by atoms with Gasteiger partial charge in [0.25, 0.3) is 0 Å². The average molecular weight is 291 g/mol. The smallest absolute Gasteiger partial charge is 0.161 e. The minimum Gasteiger partial charge on any atom is -0.326 e. The second-order valence-electron chi connectivity index (χ2n) is 5.38. The summed E-state index contributed by atoms with van der Waals surface area (Å²) in [7, 11) is 0. The second-order valence-corrected chi connectivity index (χ2v) is 5.38. The number of imidazole rings is 1. The molecule has 0 radical (unpaired) electrons. The summed E-state index contributed by atoms with van der Waals surface area (Å²) in [6.07, 6.45) is 1.79. The third-order valence-corrected chi connectivity index (χ3v) is 3.85. The van der Waals surface area contributed by atoms with Crippen LogP contribution in [-0.4, -0.2) is 9.55 Å². The van der Waals surface area contributed by atoms with E-state index in [4.69, 9.17) is 5.26 Å². The maximum Gasteiger partial charge on any atom is 0.161 e. The topological polar surface area (TPSA) is 41.6 Å². The number of nitriles is 1. The third kappa shape index (κ3) is 2.90. The number of fused-ring (bicyclic) bond motifs is 1. The highest BCUT2D eigenvalue weighted by molar-refractivity contribution is 5.76. The van der Waals surface area contributed by atoms with Gasteiger partial charge < -0.3 is 4.57 Å². The van der Waals surface area contributed by atoms with Crippen molar-refractivity contribution in [3.8, 4) is 6.07 Å². The fraction of sp³-hybridized carbons (Fsp3) is 0.500. The molecular formula is C16H19F2N3. The molecular weight excluding hydrogens is 272 g/mol. The number of halogens is 2. The van der Waals surface area contributed by atoms with Gasteiger partial charge in [0.1, 0.15) is 5.82 Å². The van der Waals surface area contributed by atoms with E-state index in [0.29, 0.717) is 17.6 Å². The molecule has 0 bridgehead atoms. The summed E-state index contributed by atoms with van der Waals surface area (Å²) in [6.45, 7) is 6.37. The molecule has 0 aliphatic rings. The maximum atomic E-state index is 13.5. The molecule has 2 aromatic rings. The molecule has 21 heavy (non-hydrogen) atoms. The van der Waals surface area contributed by atoms with Crippen LogP contribution < -0.4 is 0 Å². The standard InChI is InChI=1S/C16H19F2N3/c1-4-11(5-2)16-20-14-6-12(17)13(18)7-15(14)21(16)9-10(3)8-19/h6-7,10-11H,4-5,9H2,1-3H3. The van der Waals surface area contributed by atoms with Crippen LogP contribution in [0.15, 0.2) is 12.1 Å². The van der Waals surface area contributed by atoms with Gasteiger partial charge in [-0.1, -0.05) is 13.8 Å². The first-order chi connectivity index (χ1) is 10.0. The average Bonchev–Trinajstić information content (AvgIpc) is 2.79. The number of benzene rings is 1. The van der Waals surface area contributed by atoms with Crippen LogP contribution in [0, 0.1) is 28.9 Å². The van der Waals surface area contributed by atoms with Crippen molar-refractivity contribution in [1.29, 1.82) is 5.26 Å². The van der Waals surface area contributed by atoms with Crippen LogP contribution in [0.4, 0.5) is 8.78 Å². The van der Waals surface area contributed by atoms with Crippen LogP contribution in [0.2, 0.25) is 0 Å². The summed E-state index contributed by atoms with van der Waals surface area (Å²) in [4.78, 5) is 4.49. The highest BCUT2D eigenvalue weighted by atomic mass is 19.2. The highest BCUT2D eigenvalue weighted by Crippen LogP contribution is 2.28. The molecule has 0 N–H and O–H groups in total. The SMILES string of the molecule is CCC(CC)c1nc2cc(F)c(F)cc2n1CC(C)C#N. The molecule has 0 saturated carbocycles. The lowest BCUT2D eigenvalue weighted by molar-refractivity contribution is 0.506. The molecule has 1 heterocycles. The molecule has 1 aromatic heterocycles. The monoisotopic (exact) mass is 291 g/mol. The Kier molecular flexibility index (Phi) is 4.56. The van der Waals surface area contributed by atoms with E-state index in [2.05, 4.69) is 24.9 Å². The summed E-state index contributed by atoms with van der Waals surface area (Å²) in [5, 5.41) is 9.03. The zero-order chi connectivity index (χ0) is 15.6. The van der Waals surface area contributed by atoms with Crippen molar-refractivity contribution in [3.63, 3.8) is 0 Å². The van der Waals surface area contributed by atoms with Crippen molar-refractivity contribution in [1.82, 2.24) is 9.55 Å².